The first-order valence-electron chi connectivity index (χ1n) is 6.57. The van der Waals surface area contributed by atoms with Crippen molar-refractivity contribution >= 4 is 45.2 Å². The third-order valence-corrected chi connectivity index (χ3v) is 4.77. The lowest BCUT2D eigenvalue weighted by atomic mass is 10.0. The highest BCUT2D eigenvalue weighted by atomic mass is 79.9. The van der Waals surface area contributed by atoms with E-state index in [9.17, 15) is 14.7 Å². The molecule has 1 aliphatic heterocycles. The first kappa shape index (κ1) is 16.1. The largest absolute Gasteiger partial charge is 0.480 e. The van der Waals surface area contributed by atoms with Crippen molar-refractivity contribution in [1.29, 1.82) is 0 Å². The van der Waals surface area contributed by atoms with Crippen LogP contribution in [0.15, 0.2) is 16.6 Å². The lowest BCUT2D eigenvalue weighted by Gasteiger charge is -2.24. The third-order valence-electron chi connectivity index (χ3n) is 3.70. The molecule has 1 aromatic carbocycles. The summed E-state index contributed by atoms with van der Waals surface area (Å²) in [5.74, 6) is -1.03. The van der Waals surface area contributed by atoms with E-state index >= 15 is 0 Å². The van der Waals surface area contributed by atoms with Gasteiger partial charge < -0.3 is 15.3 Å². The summed E-state index contributed by atoms with van der Waals surface area (Å²) in [7, 11) is 0. The number of carbonyl (C=O) groups is 2. The third kappa shape index (κ3) is 3.32. The monoisotopic (exact) mass is 374 g/mol. The van der Waals surface area contributed by atoms with Crippen LogP contribution < -0.4 is 5.32 Å². The molecule has 7 heteroatoms. The topological polar surface area (TPSA) is 69.6 Å². The number of rotatable bonds is 2. The van der Waals surface area contributed by atoms with E-state index < -0.39 is 18.0 Å². The van der Waals surface area contributed by atoms with Crippen molar-refractivity contribution in [3.05, 3.63) is 27.2 Å². The molecule has 2 unspecified atom stereocenters. The normalized spacial score (nSPS) is 21.4. The number of anilines is 1. The van der Waals surface area contributed by atoms with E-state index in [-0.39, 0.29) is 5.92 Å². The molecule has 0 aliphatic carbocycles. The minimum Gasteiger partial charge on any atom is -0.480 e. The van der Waals surface area contributed by atoms with E-state index in [2.05, 4.69) is 21.2 Å². The molecule has 2 N–H and O–H groups in total. The number of carbonyl (C=O) groups excluding carboxylic acids is 1. The van der Waals surface area contributed by atoms with Gasteiger partial charge in [0.25, 0.3) is 0 Å². The average molecular weight is 376 g/mol. The van der Waals surface area contributed by atoms with Crippen molar-refractivity contribution in [1.82, 2.24) is 4.90 Å². The smallest absolute Gasteiger partial charge is 0.326 e. The summed E-state index contributed by atoms with van der Waals surface area (Å²) >= 11 is 9.42. The number of hydrogen-bond donors (Lipinski definition) is 2. The van der Waals surface area contributed by atoms with Crippen molar-refractivity contribution < 1.29 is 14.7 Å². The number of halogens is 2. The van der Waals surface area contributed by atoms with Gasteiger partial charge in [-0.15, -0.1) is 0 Å². The van der Waals surface area contributed by atoms with Crippen LogP contribution in [-0.4, -0.2) is 34.6 Å². The number of hydrogen-bond acceptors (Lipinski definition) is 2. The molecule has 0 bridgehead atoms. The molecule has 1 aliphatic rings. The molecule has 0 saturated carbocycles. The van der Waals surface area contributed by atoms with Gasteiger partial charge in [0.1, 0.15) is 6.04 Å². The number of carboxylic acids is 1. The quantitative estimate of drug-likeness (QED) is 0.827. The Hall–Kier alpha value is -1.27. The molecule has 2 amide bonds. The number of aryl methyl sites for hydroxylation is 1. The Morgan fingerprint density at radius 3 is 2.76 bits per heavy atom. The van der Waals surface area contributed by atoms with Crippen LogP contribution in [0.5, 0.6) is 0 Å². The standard InChI is InChI=1S/C14H16BrClN2O3/c1-7-3-4-18(12(7)13(19)20)14(21)17-11-6-10(16)8(2)5-9(11)15/h5-7,12H,3-4H2,1-2H3,(H,17,21)(H,19,20). The molecular formula is C14H16BrClN2O3. The predicted octanol–water partition coefficient (Wildman–Crippen LogP) is 3.74. The maximum absolute atomic E-state index is 12.3. The van der Waals surface area contributed by atoms with Crippen molar-refractivity contribution in [3.8, 4) is 0 Å². The first-order valence-corrected chi connectivity index (χ1v) is 7.74. The molecule has 2 rings (SSSR count). The second-order valence-corrected chi connectivity index (χ2v) is 6.52. The number of urea groups is 1. The fraction of sp³-hybridized carbons (Fsp3) is 0.429. The summed E-state index contributed by atoms with van der Waals surface area (Å²) in [5, 5.41) is 12.5. The lowest BCUT2D eigenvalue weighted by molar-refractivity contribution is -0.142. The van der Waals surface area contributed by atoms with Crippen LogP contribution in [0.3, 0.4) is 0 Å². The van der Waals surface area contributed by atoms with E-state index in [0.717, 1.165) is 5.56 Å². The molecule has 21 heavy (non-hydrogen) atoms. The summed E-state index contributed by atoms with van der Waals surface area (Å²) in [4.78, 5) is 25.0. The summed E-state index contributed by atoms with van der Waals surface area (Å²) in [6.45, 7) is 4.13. The molecule has 114 valence electrons. The van der Waals surface area contributed by atoms with E-state index in [1.807, 2.05) is 13.8 Å². The fourth-order valence-electron chi connectivity index (χ4n) is 2.48. The minimum absolute atomic E-state index is 0.0571. The van der Waals surface area contributed by atoms with E-state index in [1.165, 1.54) is 4.90 Å². The Bertz CT molecular complexity index is 594. The molecule has 5 nitrogen and oxygen atoms in total. The van der Waals surface area contributed by atoms with Crippen LogP contribution in [0.1, 0.15) is 18.9 Å². The van der Waals surface area contributed by atoms with Crippen LogP contribution in [0.2, 0.25) is 5.02 Å². The first-order chi connectivity index (χ1) is 9.81. The maximum Gasteiger partial charge on any atom is 0.326 e. The zero-order valence-corrected chi connectivity index (χ0v) is 14.0. The zero-order valence-electron chi connectivity index (χ0n) is 11.7. The number of nitrogens with zero attached hydrogens (tertiary/aromatic N) is 1. The molecule has 1 saturated heterocycles. The van der Waals surface area contributed by atoms with Gasteiger partial charge in [0.2, 0.25) is 0 Å². The van der Waals surface area contributed by atoms with Crippen molar-refractivity contribution in [2.45, 2.75) is 26.3 Å². The number of aliphatic carboxylic acids is 1. The molecular weight excluding hydrogens is 360 g/mol. The van der Waals surface area contributed by atoms with Crippen LogP contribution >= 0.6 is 27.5 Å². The van der Waals surface area contributed by atoms with Crippen LogP contribution in [-0.2, 0) is 4.79 Å². The number of carboxylic acid groups (broad SMARTS) is 1. The molecule has 0 aromatic heterocycles. The summed E-state index contributed by atoms with van der Waals surface area (Å²) < 4.78 is 0.705. The van der Waals surface area contributed by atoms with Crippen LogP contribution in [0.25, 0.3) is 0 Å². The van der Waals surface area contributed by atoms with Gasteiger partial charge in [-0.1, -0.05) is 18.5 Å². The number of amides is 2. The maximum atomic E-state index is 12.3. The fourth-order valence-corrected chi connectivity index (χ4v) is 3.20. The SMILES string of the molecule is Cc1cc(Br)c(NC(=O)N2CCC(C)C2C(=O)O)cc1Cl. The van der Waals surface area contributed by atoms with Gasteiger partial charge >= 0.3 is 12.0 Å². The highest BCUT2D eigenvalue weighted by Gasteiger charge is 2.39. The van der Waals surface area contributed by atoms with Crippen molar-refractivity contribution in [3.63, 3.8) is 0 Å². The van der Waals surface area contributed by atoms with Crippen LogP contribution in [0.4, 0.5) is 10.5 Å². The number of benzene rings is 1. The summed E-state index contributed by atoms with van der Waals surface area (Å²) in [5.41, 5.74) is 1.42. The Morgan fingerprint density at radius 1 is 1.48 bits per heavy atom. The number of likely N-dealkylation sites (tertiary alicyclic amines) is 1. The second-order valence-electron chi connectivity index (χ2n) is 5.25. The highest BCUT2D eigenvalue weighted by Crippen LogP contribution is 2.30. The van der Waals surface area contributed by atoms with Gasteiger partial charge in [0.15, 0.2) is 0 Å². The predicted molar refractivity (Wildman–Crippen MR) is 84.8 cm³/mol. The van der Waals surface area contributed by atoms with Gasteiger partial charge in [0, 0.05) is 16.0 Å². The Balaban J connectivity index is 2.18. The Kier molecular flexibility index (Phi) is 4.78. The Morgan fingerprint density at radius 2 is 2.14 bits per heavy atom. The Labute approximate surface area is 136 Å². The van der Waals surface area contributed by atoms with Gasteiger partial charge in [-0.25, -0.2) is 9.59 Å². The average Bonchev–Trinajstić information content (AvgIpc) is 2.78. The van der Waals surface area contributed by atoms with Gasteiger partial charge in [0.05, 0.1) is 5.69 Å². The van der Waals surface area contributed by atoms with Crippen LogP contribution in [0, 0.1) is 12.8 Å². The van der Waals surface area contributed by atoms with Crippen molar-refractivity contribution in [2.75, 3.05) is 11.9 Å². The molecule has 1 heterocycles. The zero-order chi connectivity index (χ0) is 15.7. The van der Waals surface area contributed by atoms with E-state index in [0.29, 0.717) is 28.1 Å². The van der Waals surface area contributed by atoms with E-state index in [1.54, 1.807) is 12.1 Å². The highest BCUT2D eigenvalue weighted by molar-refractivity contribution is 9.10. The molecule has 0 spiro atoms. The second kappa shape index (κ2) is 6.23. The van der Waals surface area contributed by atoms with Gasteiger partial charge in [-0.2, -0.15) is 0 Å². The van der Waals surface area contributed by atoms with Gasteiger partial charge in [-0.05, 0) is 52.9 Å². The van der Waals surface area contributed by atoms with Crippen molar-refractivity contribution in [2.24, 2.45) is 5.92 Å². The van der Waals surface area contributed by atoms with E-state index in [4.69, 9.17) is 11.6 Å². The van der Waals surface area contributed by atoms with Gasteiger partial charge in [-0.3, -0.25) is 0 Å². The molecule has 1 fully saturated rings. The molecule has 1 aromatic rings. The summed E-state index contributed by atoms with van der Waals surface area (Å²) in [6.07, 6.45) is 0.681. The number of nitrogens with one attached hydrogen (secondary N) is 1. The minimum atomic E-state index is -0.976. The molecule has 2 atom stereocenters. The molecule has 0 radical (unpaired) electrons. The lowest BCUT2D eigenvalue weighted by Crippen LogP contribution is -2.44. The summed E-state index contributed by atoms with van der Waals surface area (Å²) in [6, 6.07) is 2.24.